The molecular weight excluding hydrogens is 632 g/mol. The second kappa shape index (κ2) is 14.2. The predicted molar refractivity (Wildman–Crippen MR) is 171 cm³/mol. The van der Waals surface area contributed by atoms with Crippen molar-refractivity contribution < 1.29 is 28.2 Å². The van der Waals surface area contributed by atoms with E-state index in [1.54, 1.807) is 48.7 Å². The van der Waals surface area contributed by atoms with Crippen molar-refractivity contribution in [1.29, 1.82) is 0 Å². The average molecular weight is 670 g/mol. The van der Waals surface area contributed by atoms with E-state index in [1.807, 2.05) is 6.26 Å². The average Bonchev–Trinajstić information content (AvgIpc) is 3.83. The lowest BCUT2D eigenvalue weighted by molar-refractivity contribution is -0.134. The van der Waals surface area contributed by atoms with Crippen LogP contribution in [0.3, 0.4) is 0 Å². The number of aliphatic hydroxyl groups is 1. The molecule has 13 nitrogen and oxygen atoms in total. The molecule has 250 valence electrons. The Morgan fingerprint density at radius 2 is 2.00 bits per heavy atom. The Hall–Kier alpha value is -4.28. The normalized spacial score (nSPS) is 18.2. The number of fused-ring (bicyclic) bond motifs is 1. The van der Waals surface area contributed by atoms with E-state index in [1.165, 1.54) is 33.2 Å². The summed E-state index contributed by atoms with van der Waals surface area (Å²) in [5.74, 6) is -0.209. The zero-order chi connectivity index (χ0) is 33.1. The molecule has 0 saturated carbocycles. The first-order valence-corrected chi connectivity index (χ1v) is 16.7. The molecule has 1 unspecified atom stereocenters. The summed E-state index contributed by atoms with van der Waals surface area (Å²) >= 11 is 1.42. The SMILES string of the molecule is CNC(=O)[C@@H]1CCCN1C1CCN(C(=O)Cn2cc(NC(O)c3cnn4cccnc34)c(-c3cc(SC)ccc3OC(F)F)n2)CC1. The summed E-state index contributed by atoms with van der Waals surface area (Å²) in [4.78, 5) is 35.0. The van der Waals surface area contributed by atoms with E-state index in [2.05, 4.69) is 30.7 Å². The molecule has 4 aromatic rings. The number of carbonyl (C=O) groups excluding carboxylic acids is 2. The summed E-state index contributed by atoms with van der Waals surface area (Å²) < 4.78 is 34.7. The number of ether oxygens (including phenoxy) is 1. The standard InChI is InChI=1S/C31H37F2N9O4S/c1-34-30(45)24-5-3-11-41(24)19-8-13-39(14-9-19)26(43)18-40-17-23(37-29(44)22-16-36-42-12-4-10-35-28(22)42)27(38-40)21-15-20(47-2)6-7-25(21)46-31(32)33/h4,6-7,10,12,15-17,19,24,29,31,37,44H,3,5,8-9,11,13-14,18H2,1-2H3,(H,34,45)/t24-,29?/m0/s1. The Morgan fingerprint density at radius 1 is 1.19 bits per heavy atom. The lowest BCUT2D eigenvalue weighted by Gasteiger charge is -2.38. The van der Waals surface area contributed by atoms with Gasteiger partial charge in [0.25, 0.3) is 0 Å². The van der Waals surface area contributed by atoms with Crippen molar-refractivity contribution in [1.82, 2.24) is 39.5 Å². The van der Waals surface area contributed by atoms with Crippen LogP contribution in [0.15, 0.2) is 53.9 Å². The van der Waals surface area contributed by atoms with E-state index in [0.717, 1.165) is 37.1 Å². The summed E-state index contributed by atoms with van der Waals surface area (Å²) in [5, 5.41) is 25.9. The lowest BCUT2D eigenvalue weighted by atomic mass is 10.0. The molecule has 5 heterocycles. The van der Waals surface area contributed by atoms with Crippen molar-refractivity contribution in [3.8, 4) is 17.0 Å². The molecule has 6 rings (SSSR count). The monoisotopic (exact) mass is 669 g/mol. The number of carbonyl (C=O) groups is 2. The first-order valence-electron chi connectivity index (χ1n) is 15.4. The fourth-order valence-electron chi connectivity index (χ4n) is 6.45. The van der Waals surface area contributed by atoms with Gasteiger partial charge in [0, 0.05) is 55.2 Å². The van der Waals surface area contributed by atoms with Gasteiger partial charge in [0.2, 0.25) is 11.8 Å². The van der Waals surface area contributed by atoms with Crippen LogP contribution in [0.2, 0.25) is 0 Å². The third kappa shape index (κ3) is 7.04. The van der Waals surface area contributed by atoms with Gasteiger partial charge in [-0.1, -0.05) is 0 Å². The Labute approximate surface area is 274 Å². The van der Waals surface area contributed by atoms with Crippen LogP contribution in [0, 0.1) is 0 Å². The number of thioether (sulfide) groups is 1. The van der Waals surface area contributed by atoms with Crippen molar-refractivity contribution in [2.45, 2.75) is 62.0 Å². The van der Waals surface area contributed by atoms with E-state index < -0.39 is 12.8 Å². The highest BCUT2D eigenvalue weighted by molar-refractivity contribution is 7.98. The fourth-order valence-corrected chi connectivity index (χ4v) is 6.89. The maximum Gasteiger partial charge on any atom is 0.387 e. The Morgan fingerprint density at radius 3 is 2.74 bits per heavy atom. The van der Waals surface area contributed by atoms with E-state index in [-0.39, 0.29) is 47.4 Å². The van der Waals surface area contributed by atoms with Gasteiger partial charge in [-0.25, -0.2) is 9.50 Å². The van der Waals surface area contributed by atoms with E-state index in [0.29, 0.717) is 30.0 Å². The van der Waals surface area contributed by atoms with Crippen LogP contribution in [0.25, 0.3) is 16.9 Å². The van der Waals surface area contributed by atoms with E-state index in [4.69, 9.17) is 4.74 Å². The maximum absolute atomic E-state index is 13.5. The number of likely N-dealkylation sites (tertiary alicyclic amines) is 2. The van der Waals surface area contributed by atoms with Gasteiger partial charge in [0.05, 0.1) is 23.5 Å². The summed E-state index contributed by atoms with van der Waals surface area (Å²) in [7, 11) is 1.66. The van der Waals surface area contributed by atoms with Crippen molar-refractivity contribution >= 4 is 34.9 Å². The maximum atomic E-state index is 13.5. The predicted octanol–water partition coefficient (Wildman–Crippen LogP) is 3.22. The number of anilines is 1. The van der Waals surface area contributed by atoms with Gasteiger partial charge >= 0.3 is 6.61 Å². The molecule has 0 aliphatic carbocycles. The van der Waals surface area contributed by atoms with Crippen LogP contribution < -0.4 is 15.4 Å². The molecule has 0 spiro atoms. The van der Waals surface area contributed by atoms with Gasteiger partial charge in [0.1, 0.15) is 18.0 Å². The number of hydrogen-bond acceptors (Lipinski definition) is 10. The van der Waals surface area contributed by atoms with Crippen molar-refractivity contribution in [3.05, 3.63) is 54.6 Å². The highest BCUT2D eigenvalue weighted by Crippen LogP contribution is 2.38. The molecule has 3 N–H and O–H groups in total. The number of alkyl halides is 2. The van der Waals surface area contributed by atoms with E-state index >= 15 is 0 Å². The van der Waals surface area contributed by atoms with Gasteiger partial charge in [-0.15, -0.1) is 11.8 Å². The largest absolute Gasteiger partial charge is 0.434 e. The topological polar surface area (TPSA) is 142 Å². The minimum absolute atomic E-state index is 0.0352. The molecule has 2 atom stereocenters. The summed E-state index contributed by atoms with van der Waals surface area (Å²) in [6.07, 6.45) is 10.2. The highest BCUT2D eigenvalue weighted by Gasteiger charge is 2.37. The van der Waals surface area contributed by atoms with E-state index in [9.17, 15) is 23.5 Å². The fraction of sp³-hybridized carbons (Fsp3) is 0.452. The molecule has 16 heteroatoms. The zero-order valence-corrected chi connectivity index (χ0v) is 26.9. The highest BCUT2D eigenvalue weighted by atomic mass is 32.2. The molecule has 1 aromatic carbocycles. The van der Waals surface area contributed by atoms with Crippen molar-refractivity contribution in [3.63, 3.8) is 0 Å². The molecule has 0 radical (unpaired) electrons. The number of amides is 2. The van der Waals surface area contributed by atoms with Gasteiger partial charge in [-0.2, -0.15) is 19.0 Å². The zero-order valence-electron chi connectivity index (χ0n) is 26.1. The second-order valence-corrected chi connectivity index (χ2v) is 12.4. The van der Waals surface area contributed by atoms with Gasteiger partial charge in [-0.05, 0) is 62.7 Å². The molecular formula is C31H37F2N9O4S. The van der Waals surface area contributed by atoms with Crippen LogP contribution in [-0.4, -0.2) is 103 Å². The quantitative estimate of drug-likeness (QED) is 0.161. The van der Waals surface area contributed by atoms with Crippen LogP contribution in [0.5, 0.6) is 5.75 Å². The first kappa shape index (κ1) is 32.7. The molecule has 2 aliphatic heterocycles. The Kier molecular flexibility index (Phi) is 9.89. The number of hydrogen-bond donors (Lipinski definition) is 3. The van der Waals surface area contributed by atoms with Crippen LogP contribution >= 0.6 is 11.8 Å². The Balaban J connectivity index is 1.24. The number of halogens is 2. The number of nitrogens with zero attached hydrogens (tertiary/aromatic N) is 7. The number of likely N-dealkylation sites (N-methyl/N-ethyl adjacent to an activating group) is 1. The van der Waals surface area contributed by atoms with Crippen molar-refractivity contribution in [2.75, 3.05) is 38.3 Å². The van der Waals surface area contributed by atoms with Crippen LogP contribution in [0.1, 0.15) is 37.5 Å². The third-order valence-electron chi connectivity index (χ3n) is 8.74. The summed E-state index contributed by atoms with van der Waals surface area (Å²) in [5.41, 5.74) is 1.61. The minimum Gasteiger partial charge on any atom is -0.434 e. The number of aromatic nitrogens is 5. The van der Waals surface area contributed by atoms with Crippen LogP contribution in [-0.2, 0) is 16.1 Å². The first-order chi connectivity index (χ1) is 22.7. The molecule has 47 heavy (non-hydrogen) atoms. The minimum atomic E-state index is -3.07. The number of rotatable bonds is 11. The molecule has 2 amide bonds. The number of piperidine rings is 1. The smallest absolute Gasteiger partial charge is 0.387 e. The molecule has 2 fully saturated rings. The van der Waals surface area contributed by atoms with Gasteiger partial charge in [0.15, 0.2) is 11.9 Å². The molecule has 0 bridgehead atoms. The van der Waals surface area contributed by atoms with Crippen LogP contribution in [0.4, 0.5) is 14.5 Å². The molecule has 2 saturated heterocycles. The number of aliphatic hydroxyl groups excluding tert-OH is 1. The van der Waals surface area contributed by atoms with Gasteiger partial charge < -0.3 is 25.4 Å². The number of benzene rings is 1. The number of nitrogens with one attached hydrogen (secondary N) is 2. The third-order valence-corrected chi connectivity index (χ3v) is 9.47. The summed E-state index contributed by atoms with van der Waals surface area (Å²) in [6.45, 7) is -1.22. The van der Waals surface area contributed by atoms with Gasteiger partial charge in [-0.3, -0.25) is 19.2 Å². The summed E-state index contributed by atoms with van der Waals surface area (Å²) in [6, 6.07) is 6.61. The molecule has 2 aliphatic rings. The lowest BCUT2D eigenvalue weighted by Crippen LogP contribution is -2.52. The Bertz CT molecular complexity index is 1730. The second-order valence-electron chi connectivity index (χ2n) is 11.5. The van der Waals surface area contributed by atoms with Crippen molar-refractivity contribution in [2.24, 2.45) is 0 Å². The molecule has 3 aromatic heterocycles.